The van der Waals surface area contributed by atoms with Crippen LogP contribution in [0.2, 0.25) is 0 Å². The summed E-state index contributed by atoms with van der Waals surface area (Å²) in [5, 5.41) is 13.0. The van der Waals surface area contributed by atoms with Gasteiger partial charge in [-0.1, -0.05) is 6.07 Å². The maximum absolute atomic E-state index is 12.4. The van der Waals surface area contributed by atoms with Crippen LogP contribution in [0.5, 0.6) is 11.6 Å². The third-order valence-corrected chi connectivity index (χ3v) is 4.97. The molecule has 33 heavy (non-hydrogen) atoms. The lowest BCUT2D eigenvalue weighted by atomic mass is 10.0. The number of aromatic nitrogens is 3. The number of carbonyl (C=O) groups excluding carboxylic acids is 2. The molecule has 4 aromatic rings. The van der Waals surface area contributed by atoms with Crippen LogP contribution >= 0.6 is 0 Å². The Bertz CT molecular complexity index is 1330. The highest BCUT2D eigenvalue weighted by atomic mass is 16.5. The van der Waals surface area contributed by atoms with E-state index in [0.717, 1.165) is 11.1 Å². The van der Waals surface area contributed by atoms with E-state index in [2.05, 4.69) is 20.3 Å². The number of amides is 1. The topological polar surface area (TPSA) is 126 Å². The van der Waals surface area contributed by atoms with Gasteiger partial charge in [0.1, 0.15) is 18.1 Å². The molecule has 0 fully saturated rings. The first-order chi connectivity index (χ1) is 16.0. The van der Waals surface area contributed by atoms with Crippen LogP contribution in [0.4, 0.5) is 0 Å². The predicted molar refractivity (Wildman–Crippen MR) is 122 cm³/mol. The minimum atomic E-state index is -0.505. The van der Waals surface area contributed by atoms with Crippen molar-refractivity contribution < 1.29 is 24.2 Å². The predicted octanol–water partition coefficient (Wildman–Crippen LogP) is 3.30. The van der Waals surface area contributed by atoms with Crippen molar-refractivity contribution in [2.75, 3.05) is 20.3 Å². The van der Waals surface area contributed by atoms with Gasteiger partial charge in [-0.3, -0.25) is 9.59 Å². The van der Waals surface area contributed by atoms with Gasteiger partial charge in [0.15, 0.2) is 0 Å². The number of carbonyl (C=O) groups is 2. The Kier molecular flexibility index (Phi) is 6.21. The number of aromatic amines is 1. The molecule has 9 heteroatoms. The van der Waals surface area contributed by atoms with Crippen molar-refractivity contribution in [3.05, 3.63) is 60.3 Å². The zero-order valence-corrected chi connectivity index (χ0v) is 18.1. The highest BCUT2D eigenvalue weighted by Gasteiger charge is 2.15. The number of pyridine rings is 1. The number of phenolic OH excluding ortho intramolecular Hbond substituents is 1. The van der Waals surface area contributed by atoms with Crippen LogP contribution in [0.3, 0.4) is 0 Å². The van der Waals surface area contributed by atoms with E-state index in [4.69, 9.17) is 9.47 Å². The number of aromatic hydroxyl groups is 1. The molecule has 0 saturated carbocycles. The number of phenols is 1. The quantitative estimate of drug-likeness (QED) is 0.372. The van der Waals surface area contributed by atoms with Crippen molar-refractivity contribution >= 4 is 22.9 Å². The van der Waals surface area contributed by atoms with Crippen LogP contribution in [0.15, 0.2) is 54.7 Å². The highest BCUT2D eigenvalue weighted by molar-refractivity contribution is 5.99. The molecule has 0 radical (unpaired) electrons. The van der Waals surface area contributed by atoms with Crippen molar-refractivity contribution in [1.29, 1.82) is 0 Å². The zero-order valence-electron chi connectivity index (χ0n) is 18.1. The molecule has 0 aliphatic rings. The first-order valence-corrected chi connectivity index (χ1v) is 10.3. The van der Waals surface area contributed by atoms with Crippen LogP contribution in [0.25, 0.3) is 33.5 Å². The van der Waals surface area contributed by atoms with Gasteiger partial charge >= 0.3 is 5.97 Å². The van der Waals surface area contributed by atoms with E-state index in [9.17, 15) is 14.7 Å². The lowest BCUT2D eigenvalue weighted by Crippen LogP contribution is -2.30. The molecule has 0 unspecified atom stereocenters. The lowest BCUT2D eigenvalue weighted by Gasteiger charge is -2.09. The van der Waals surface area contributed by atoms with Gasteiger partial charge < -0.3 is 24.9 Å². The first kappa shape index (κ1) is 21.8. The Morgan fingerprint density at radius 3 is 2.76 bits per heavy atom. The van der Waals surface area contributed by atoms with Gasteiger partial charge in [-0.2, -0.15) is 0 Å². The summed E-state index contributed by atoms with van der Waals surface area (Å²) in [4.78, 5) is 35.8. The van der Waals surface area contributed by atoms with E-state index in [1.807, 2.05) is 6.07 Å². The molecule has 3 N–H and O–H groups in total. The van der Waals surface area contributed by atoms with E-state index in [0.29, 0.717) is 33.9 Å². The van der Waals surface area contributed by atoms with Gasteiger partial charge in [0.05, 0.1) is 30.3 Å². The standard InChI is InChI=1S/C24H22N4O5/c1-3-33-21(30)13-26-23(31)15-6-8-18-19(12-15)28-22(27-18)17-11-14(7-9-20(17)29)16-5-4-10-25-24(16)32-2/h4-12,29H,3,13H2,1-2H3,(H,26,31)(H,27,28). The molecule has 1 amide bonds. The number of hydrogen-bond acceptors (Lipinski definition) is 7. The summed E-state index contributed by atoms with van der Waals surface area (Å²) in [6, 6.07) is 13.8. The summed E-state index contributed by atoms with van der Waals surface area (Å²) in [6.07, 6.45) is 1.64. The number of fused-ring (bicyclic) bond motifs is 1. The summed E-state index contributed by atoms with van der Waals surface area (Å²) in [6.45, 7) is 1.73. The van der Waals surface area contributed by atoms with Crippen molar-refractivity contribution in [3.63, 3.8) is 0 Å². The van der Waals surface area contributed by atoms with Crippen LogP contribution in [0.1, 0.15) is 17.3 Å². The van der Waals surface area contributed by atoms with Gasteiger partial charge in [0.25, 0.3) is 5.91 Å². The van der Waals surface area contributed by atoms with E-state index >= 15 is 0 Å². The second-order valence-electron chi connectivity index (χ2n) is 7.10. The highest BCUT2D eigenvalue weighted by Crippen LogP contribution is 2.35. The van der Waals surface area contributed by atoms with Gasteiger partial charge in [0, 0.05) is 17.3 Å². The average molecular weight is 446 g/mol. The molecular weight excluding hydrogens is 424 g/mol. The second kappa shape index (κ2) is 9.39. The Balaban J connectivity index is 1.64. The van der Waals surface area contributed by atoms with E-state index in [1.165, 1.54) is 0 Å². The molecule has 9 nitrogen and oxygen atoms in total. The Labute approximate surface area is 189 Å². The molecule has 0 atom stereocenters. The Morgan fingerprint density at radius 1 is 1.12 bits per heavy atom. The maximum Gasteiger partial charge on any atom is 0.325 e. The summed E-state index contributed by atoms with van der Waals surface area (Å²) in [5.41, 5.74) is 3.64. The summed E-state index contributed by atoms with van der Waals surface area (Å²) in [5.74, 6) is 0.0409. The molecule has 0 aliphatic carbocycles. The summed E-state index contributed by atoms with van der Waals surface area (Å²) >= 11 is 0. The van der Waals surface area contributed by atoms with Gasteiger partial charge in [-0.25, -0.2) is 9.97 Å². The van der Waals surface area contributed by atoms with E-state index in [1.54, 1.807) is 62.7 Å². The molecule has 0 aliphatic heterocycles. The van der Waals surface area contributed by atoms with Gasteiger partial charge in [0.2, 0.25) is 5.88 Å². The third-order valence-electron chi connectivity index (χ3n) is 4.97. The van der Waals surface area contributed by atoms with Crippen molar-refractivity contribution in [2.24, 2.45) is 0 Å². The number of rotatable bonds is 7. The minimum Gasteiger partial charge on any atom is -0.507 e. The SMILES string of the molecule is CCOC(=O)CNC(=O)c1ccc2[nH]c(-c3cc(-c4cccnc4OC)ccc3O)nc2c1. The second-order valence-corrected chi connectivity index (χ2v) is 7.10. The molecule has 0 saturated heterocycles. The summed E-state index contributed by atoms with van der Waals surface area (Å²) in [7, 11) is 1.55. The fourth-order valence-corrected chi connectivity index (χ4v) is 3.41. The van der Waals surface area contributed by atoms with Crippen molar-refractivity contribution in [3.8, 4) is 34.1 Å². The number of ether oxygens (including phenoxy) is 2. The molecule has 168 valence electrons. The molecule has 2 aromatic heterocycles. The Hall–Kier alpha value is -4.40. The first-order valence-electron chi connectivity index (χ1n) is 10.3. The number of esters is 1. The van der Waals surface area contributed by atoms with E-state index in [-0.39, 0.29) is 18.9 Å². The molecule has 2 aromatic carbocycles. The minimum absolute atomic E-state index is 0.0491. The van der Waals surface area contributed by atoms with Gasteiger partial charge in [-0.05, 0) is 55.0 Å². The van der Waals surface area contributed by atoms with Crippen molar-refractivity contribution in [1.82, 2.24) is 20.3 Å². The largest absolute Gasteiger partial charge is 0.507 e. The van der Waals surface area contributed by atoms with Crippen LogP contribution in [-0.2, 0) is 9.53 Å². The van der Waals surface area contributed by atoms with Crippen LogP contribution < -0.4 is 10.1 Å². The number of hydrogen-bond donors (Lipinski definition) is 3. The number of methoxy groups -OCH3 is 1. The number of benzene rings is 2. The normalized spacial score (nSPS) is 10.7. The summed E-state index contributed by atoms with van der Waals surface area (Å²) < 4.78 is 10.2. The average Bonchev–Trinajstić information content (AvgIpc) is 3.26. The lowest BCUT2D eigenvalue weighted by molar-refractivity contribution is -0.141. The number of H-pyrrole nitrogens is 1. The number of imidazole rings is 1. The molecule has 0 bridgehead atoms. The molecule has 2 heterocycles. The van der Waals surface area contributed by atoms with Crippen LogP contribution in [-0.4, -0.2) is 52.2 Å². The van der Waals surface area contributed by atoms with E-state index < -0.39 is 11.9 Å². The molecule has 0 spiro atoms. The number of nitrogens with one attached hydrogen (secondary N) is 2. The number of nitrogens with zero attached hydrogens (tertiary/aromatic N) is 2. The smallest absolute Gasteiger partial charge is 0.325 e. The zero-order chi connectivity index (χ0) is 23.4. The van der Waals surface area contributed by atoms with Crippen LogP contribution in [0, 0.1) is 0 Å². The maximum atomic E-state index is 12.4. The third kappa shape index (κ3) is 4.62. The van der Waals surface area contributed by atoms with Gasteiger partial charge in [-0.15, -0.1) is 0 Å². The monoisotopic (exact) mass is 446 g/mol. The molecule has 4 rings (SSSR count). The molecular formula is C24H22N4O5. The Morgan fingerprint density at radius 2 is 1.97 bits per heavy atom. The van der Waals surface area contributed by atoms with Crippen molar-refractivity contribution in [2.45, 2.75) is 6.92 Å². The fraction of sp³-hybridized carbons (Fsp3) is 0.167. The fourth-order valence-electron chi connectivity index (χ4n) is 3.41.